The third kappa shape index (κ3) is 4.89. The summed E-state index contributed by atoms with van der Waals surface area (Å²) in [6, 6.07) is 12.5. The van der Waals surface area contributed by atoms with Gasteiger partial charge in [0.05, 0.1) is 11.7 Å². The van der Waals surface area contributed by atoms with Crippen LogP contribution in [0.5, 0.6) is 0 Å². The summed E-state index contributed by atoms with van der Waals surface area (Å²) < 4.78 is 5.92. The van der Waals surface area contributed by atoms with Crippen LogP contribution in [0.4, 0.5) is 0 Å². The number of H-pyrrole nitrogens is 1. The number of aryl methyl sites for hydroxylation is 3. The van der Waals surface area contributed by atoms with Crippen LogP contribution in [0.2, 0.25) is 0 Å². The van der Waals surface area contributed by atoms with Crippen molar-refractivity contribution >= 4 is 16.9 Å². The van der Waals surface area contributed by atoms with Gasteiger partial charge in [0.15, 0.2) is 0 Å². The maximum Gasteiger partial charge on any atom is 0.341 e. The maximum atomic E-state index is 13.2. The van der Waals surface area contributed by atoms with Crippen molar-refractivity contribution in [3.8, 4) is 0 Å². The number of hydrogen-bond acceptors (Lipinski definition) is 4. The van der Waals surface area contributed by atoms with E-state index in [-0.39, 0.29) is 18.2 Å². The van der Waals surface area contributed by atoms with E-state index in [1.807, 2.05) is 20.8 Å². The average molecular weight is 435 g/mol. The molecule has 3 aromatic rings. The van der Waals surface area contributed by atoms with Gasteiger partial charge in [-0.25, -0.2) is 4.79 Å². The summed E-state index contributed by atoms with van der Waals surface area (Å²) in [5, 5.41) is 10.6. The van der Waals surface area contributed by atoms with Gasteiger partial charge in [-0.2, -0.15) is 0 Å². The molecule has 5 nitrogen and oxygen atoms in total. The first-order valence-corrected chi connectivity index (χ1v) is 11.6. The maximum absolute atomic E-state index is 13.2. The van der Waals surface area contributed by atoms with Crippen molar-refractivity contribution in [3.63, 3.8) is 0 Å². The number of nitrogens with zero attached hydrogens (tertiary/aromatic N) is 1. The first-order valence-electron chi connectivity index (χ1n) is 11.6. The van der Waals surface area contributed by atoms with E-state index in [9.17, 15) is 9.90 Å². The number of carbonyl (C=O) groups is 1. The molecule has 1 aromatic heterocycles. The molecule has 0 radical (unpaired) electrons. The Morgan fingerprint density at radius 2 is 1.91 bits per heavy atom. The van der Waals surface area contributed by atoms with Crippen LogP contribution in [0.3, 0.4) is 0 Å². The summed E-state index contributed by atoms with van der Waals surface area (Å²) in [6.07, 6.45) is 2.16. The minimum Gasteiger partial charge on any atom is -0.454 e. The van der Waals surface area contributed by atoms with E-state index < -0.39 is 0 Å². The van der Waals surface area contributed by atoms with Gasteiger partial charge in [-0.3, -0.25) is 0 Å². The van der Waals surface area contributed by atoms with Crippen LogP contribution < -0.4 is 0 Å². The molecule has 1 aliphatic rings. The Morgan fingerprint density at radius 3 is 2.66 bits per heavy atom. The van der Waals surface area contributed by atoms with Crippen LogP contribution in [0.15, 0.2) is 36.4 Å². The molecule has 1 unspecified atom stereocenters. The lowest BCUT2D eigenvalue weighted by Gasteiger charge is -2.29. The second kappa shape index (κ2) is 9.47. The van der Waals surface area contributed by atoms with Crippen LogP contribution >= 0.6 is 0 Å². The van der Waals surface area contributed by atoms with Gasteiger partial charge in [-0.15, -0.1) is 0 Å². The van der Waals surface area contributed by atoms with Gasteiger partial charge < -0.3 is 19.7 Å². The molecule has 1 fully saturated rings. The zero-order chi connectivity index (χ0) is 22.8. The molecule has 2 N–H and O–H groups in total. The van der Waals surface area contributed by atoms with Crippen molar-refractivity contribution in [3.05, 3.63) is 69.9 Å². The second-order valence-electron chi connectivity index (χ2n) is 9.24. The lowest BCUT2D eigenvalue weighted by molar-refractivity contribution is 0.0338. The molecule has 1 saturated heterocycles. The van der Waals surface area contributed by atoms with Gasteiger partial charge in [0, 0.05) is 36.2 Å². The third-order valence-electron chi connectivity index (χ3n) is 6.68. The van der Waals surface area contributed by atoms with E-state index in [1.165, 1.54) is 5.56 Å². The third-order valence-corrected chi connectivity index (χ3v) is 6.68. The van der Waals surface area contributed by atoms with E-state index >= 15 is 0 Å². The van der Waals surface area contributed by atoms with Gasteiger partial charge in [0.25, 0.3) is 0 Å². The summed E-state index contributed by atoms with van der Waals surface area (Å²) >= 11 is 0. The van der Waals surface area contributed by atoms with Crippen molar-refractivity contribution in [1.82, 2.24) is 9.88 Å². The first-order chi connectivity index (χ1) is 15.3. The monoisotopic (exact) mass is 434 g/mol. The van der Waals surface area contributed by atoms with Crippen molar-refractivity contribution in [2.75, 3.05) is 19.6 Å². The number of rotatable bonds is 6. The average Bonchev–Trinajstić information content (AvgIpc) is 3.10. The molecule has 170 valence electrons. The highest BCUT2D eigenvalue weighted by Gasteiger charge is 2.22. The van der Waals surface area contributed by atoms with Crippen molar-refractivity contribution in [2.45, 2.75) is 59.2 Å². The summed E-state index contributed by atoms with van der Waals surface area (Å²) in [6.45, 7) is 10.8. The van der Waals surface area contributed by atoms with E-state index in [1.54, 1.807) is 0 Å². The van der Waals surface area contributed by atoms with E-state index in [4.69, 9.17) is 4.74 Å². The zero-order valence-corrected chi connectivity index (χ0v) is 19.6. The summed E-state index contributed by atoms with van der Waals surface area (Å²) in [4.78, 5) is 18.9. The number of aliphatic hydroxyl groups excluding tert-OH is 1. The van der Waals surface area contributed by atoms with Gasteiger partial charge >= 0.3 is 5.97 Å². The molecule has 0 amide bonds. The predicted molar refractivity (Wildman–Crippen MR) is 128 cm³/mol. The van der Waals surface area contributed by atoms with Crippen LogP contribution in [0.25, 0.3) is 10.9 Å². The lowest BCUT2D eigenvalue weighted by atomic mass is 10.0. The molecule has 2 heterocycles. The molecule has 5 heteroatoms. The minimum atomic E-state index is -0.315. The van der Waals surface area contributed by atoms with Crippen LogP contribution in [0, 0.1) is 20.8 Å². The second-order valence-corrected chi connectivity index (χ2v) is 9.24. The van der Waals surface area contributed by atoms with E-state index in [0.717, 1.165) is 72.2 Å². The number of piperidine rings is 1. The first kappa shape index (κ1) is 22.6. The van der Waals surface area contributed by atoms with E-state index in [0.29, 0.717) is 5.56 Å². The van der Waals surface area contributed by atoms with Gasteiger partial charge in [-0.1, -0.05) is 29.8 Å². The topological polar surface area (TPSA) is 65.6 Å². The fourth-order valence-corrected chi connectivity index (χ4v) is 4.70. The molecule has 2 aromatic carbocycles. The molecule has 32 heavy (non-hydrogen) atoms. The fourth-order valence-electron chi connectivity index (χ4n) is 4.70. The summed E-state index contributed by atoms with van der Waals surface area (Å²) in [5.74, 6) is -0.288. The number of fused-ring (bicyclic) bond motifs is 1. The van der Waals surface area contributed by atoms with E-state index in [2.05, 4.69) is 53.2 Å². The molecule has 1 atom stereocenters. The Labute approximate surface area is 190 Å². The highest BCUT2D eigenvalue weighted by Crippen LogP contribution is 2.28. The summed E-state index contributed by atoms with van der Waals surface area (Å²) in [7, 11) is 0. The predicted octanol–water partition coefficient (Wildman–Crippen LogP) is 5.01. The molecular formula is C27H34N2O3. The highest BCUT2D eigenvalue weighted by molar-refractivity contribution is 6.05. The van der Waals surface area contributed by atoms with Crippen LogP contribution in [-0.2, 0) is 11.2 Å². The van der Waals surface area contributed by atoms with Gasteiger partial charge in [0.2, 0.25) is 0 Å². The standard InChI is InChI=1S/C27H34N2O3/c1-17-5-6-18(2)23(15-17)20(4)32-27(31)26-19(3)28-25-8-7-21(16-24(25)26)9-12-29-13-10-22(30)11-14-29/h5-8,15-16,20,22,28,30H,9-14H2,1-4H3. The van der Waals surface area contributed by atoms with Crippen molar-refractivity contribution < 1.29 is 14.6 Å². The zero-order valence-electron chi connectivity index (χ0n) is 19.6. The number of carbonyl (C=O) groups excluding carboxylic acids is 1. The Hall–Kier alpha value is -2.63. The molecule has 0 bridgehead atoms. The molecule has 1 aliphatic heterocycles. The molecular weight excluding hydrogens is 400 g/mol. The SMILES string of the molecule is Cc1ccc(C)c(C(C)OC(=O)c2c(C)[nH]c3ccc(CCN4CCC(O)CC4)cc23)c1. The molecule has 0 spiro atoms. The lowest BCUT2D eigenvalue weighted by Crippen LogP contribution is -2.37. The smallest absolute Gasteiger partial charge is 0.341 e. The van der Waals surface area contributed by atoms with Crippen LogP contribution in [-0.4, -0.2) is 46.7 Å². The summed E-state index contributed by atoms with van der Waals surface area (Å²) in [5.41, 5.74) is 6.95. The number of benzene rings is 2. The number of aromatic amines is 1. The number of ether oxygens (including phenoxy) is 1. The Kier molecular flexibility index (Phi) is 6.68. The normalized spacial score (nSPS) is 16.4. The highest BCUT2D eigenvalue weighted by atomic mass is 16.5. The largest absolute Gasteiger partial charge is 0.454 e. The quantitative estimate of drug-likeness (QED) is 0.535. The van der Waals surface area contributed by atoms with Crippen LogP contribution in [0.1, 0.15) is 64.2 Å². The number of likely N-dealkylation sites (tertiary alicyclic amines) is 1. The van der Waals surface area contributed by atoms with Gasteiger partial charge in [-0.05, 0) is 75.8 Å². The fraction of sp³-hybridized carbons (Fsp3) is 0.444. The number of aliphatic hydroxyl groups is 1. The number of hydrogen-bond donors (Lipinski definition) is 2. The Bertz CT molecular complexity index is 1110. The Morgan fingerprint density at radius 1 is 1.16 bits per heavy atom. The minimum absolute atomic E-state index is 0.148. The molecule has 4 rings (SSSR count). The number of aromatic nitrogens is 1. The molecule has 0 aliphatic carbocycles. The van der Waals surface area contributed by atoms with Gasteiger partial charge in [0.1, 0.15) is 6.10 Å². The molecule has 0 saturated carbocycles. The number of esters is 1. The number of nitrogens with one attached hydrogen (secondary N) is 1. The Balaban J connectivity index is 1.51. The van der Waals surface area contributed by atoms with Crippen molar-refractivity contribution in [2.24, 2.45) is 0 Å². The van der Waals surface area contributed by atoms with Crippen molar-refractivity contribution in [1.29, 1.82) is 0 Å².